The van der Waals surface area contributed by atoms with Crippen LogP contribution in [-0.2, 0) is 0 Å². The van der Waals surface area contributed by atoms with Crippen LogP contribution in [0.5, 0.6) is 0 Å². The predicted octanol–water partition coefficient (Wildman–Crippen LogP) is 2.62. The lowest BCUT2D eigenvalue weighted by atomic mass is 9.82. The van der Waals surface area contributed by atoms with Crippen LogP contribution >= 0.6 is 11.8 Å². The number of hydrogen-bond donors (Lipinski definition) is 2. The van der Waals surface area contributed by atoms with Gasteiger partial charge in [0.05, 0.1) is 0 Å². The summed E-state index contributed by atoms with van der Waals surface area (Å²) in [5.74, 6) is 1.35. The summed E-state index contributed by atoms with van der Waals surface area (Å²) in [4.78, 5) is 16.0. The lowest BCUT2D eigenvalue weighted by Crippen LogP contribution is -2.41. The van der Waals surface area contributed by atoms with Gasteiger partial charge in [0.2, 0.25) is 0 Å². The number of benzene rings is 1. The number of carbonyl (C=O) groups excluding carboxylic acids is 1. The summed E-state index contributed by atoms with van der Waals surface area (Å²) in [5, 5.41) is 6.59. The van der Waals surface area contributed by atoms with Crippen molar-refractivity contribution in [1.29, 1.82) is 0 Å². The van der Waals surface area contributed by atoms with Gasteiger partial charge in [-0.25, -0.2) is 4.79 Å². The quantitative estimate of drug-likeness (QED) is 0.826. The van der Waals surface area contributed by atoms with Gasteiger partial charge in [0, 0.05) is 35.8 Å². The molecule has 4 rings (SSSR count). The molecule has 1 aromatic rings. The maximum atomic E-state index is 12.7. The Morgan fingerprint density at radius 2 is 2.00 bits per heavy atom. The molecule has 112 valence electrons. The van der Waals surface area contributed by atoms with Crippen molar-refractivity contribution in [3.8, 4) is 0 Å². The van der Waals surface area contributed by atoms with Crippen LogP contribution in [0.1, 0.15) is 12.8 Å². The number of rotatable bonds is 2. The largest absolute Gasteiger partial charge is 0.322 e. The molecular formula is C16H21N3OS. The zero-order valence-electron chi connectivity index (χ0n) is 12.2. The topological polar surface area (TPSA) is 44.4 Å². The van der Waals surface area contributed by atoms with Crippen molar-refractivity contribution < 1.29 is 4.79 Å². The molecule has 3 aliphatic heterocycles. The number of amides is 2. The molecule has 4 nitrogen and oxygen atoms in total. The molecule has 3 heterocycles. The smallest absolute Gasteiger partial charge is 0.318 e. The first-order chi connectivity index (χ1) is 10.3. The molecule has 2 amide bonds. The zero-order chi connectivity index (χ0) is 14.4. The highest BCUT2D eigenvalue weighted by Crippen LogP contribution is 2.47. The summed E-state index contributed by atoms with van der Waals surface area (Å²) in [6.07, 6.45) is 4.40. The molecule has 4 atom stereocenters. The summed E-state index contributed by atoms with van der Waals surface area (Å²) < 4.78 is 0. The van der Waals surface area contributed by atoms with Gasteiger partial charge in [0.15, 0.2) is 0 Å². The molecule has 0 saturated carbocycles. The Morgan fingerprint density at radius 1 is 1.29 bits per heavy atom. The van der Waals surface area contributed by atoms with E-state index in [-0.39, 0.29) is 6.03 Å². The Balaban J connectivity index is 1.51. The average Bonchev–Trinajstić information content (AvgIpc) is 3.19. The summed E-state index contributed by atoms with van der Waals surface area (Å²) in [6.45, 7) is 2.16. The Labute approximate surface area is 129 Å². The number of nitrogens with zero attached hydrogens (tertiary/aromatic N) is 1. The van der Waals surface area contributed by atoms with E-state index >= 15 is 0 Å². The van der Waals surface area contributed by atoms with Crippen molar-refractivity contribution in [2.24, 2.45) is 11.8 Å². The molecule has 1 aromatic carbocycles. The molecule has 2 N–H and O–H groups in total. The van der Waals surface area contributed by atoms with Gasteiger partial charge < -0.3 is 15.5 Å². The van der Waals surface area contributed by atoms with Crippen LogP contribution in [0, 0.1) is 11.8 Å². The molecule has 3 fully saturated rings. The van der Waals surface area contributed by atoms with Crippen LogP contribution < -0.4 is 10.6 Å². The fourth-order valence-electron chi connectivity index (χ4n) is 4.46. The van der Waals surface area contributed by atoms with Gasteiger partial charge in [0.25, 0.3) is 0 Å². The van der Waals surface area contributed by atoms with Crippen molar-refractivity contribution >= 4 is 23.5 Å². The third kappa shape index (κ3) is 2.14. The number of hydrogen-bond acceptors (Lipinski definition) is 3. The lowest BCUT2D eigenvalue weighted by Gasteiger charge is -2.25. The minimum absolute atomic E-state index is 0.0927. The van der Waals surface area contributed by atoms with Crippen molar-refractivity contribution in [1.82, 2.24) is 10.2 Å². The van der Waals surface area contributed by atoms with E-state index in [1.807, 2.05) is 18.2 Å². The number of thioether (sulfide) groups is 1. The molecule has 3 saturated heterocycles. The molecule has 0 radical (unpaired) electrons. The fraction of sp³-hybridized carbons (Fsp3) is 0.562. The van der Waals surface area contributed by atoms with Gasteiger partial charge in [-0.3, -0.25) is 0 Å². The molecule has 0 aliphatic carbocycles. The third-order valence-electron chi connectivity index (χ3n) is 5.33. The van der Waals surface area contributed by atoms with E-state index in [1.165, 1.54) is 17.7 Å². The van der Waals surface area contributed by atoms with Gasteiger partial charge in [-0.2, -0.15) is 0 Å². The number of carbonyl (C=O) groups is 1. The Bertz CT molecular complexity index is 546. The SMILES string of the molecule is CSc1cccc(NC(=O)N2[C@@H]3CC[C@H]2[C@H]2CNC[C@H]23)c1. The first-order valence-corrected chi connectivity index (χ1v) is 8.94. The van der Waals surface area contributed by atoms with Crippen molar-refractivity contribution in [2.45, 2.75) is 29.8 Å². The van der Waals surface area contributed by atoms with Gasteiger partial charge >= 0.3 is 6.03 Å². The molecule has 0 aromatic heterocycles. The Hall–Kier alpha value is -1.20. The zero-order valence-corrected chi connectivity index (χ0v) is 13.0. The van der Waals surface area contributed by atoms with E-state index in [0.717, 1.165) is 18.8 Å². The first-order valence-electron chi connectivity index (χ1n) is 7.72. The predicted molar refractivity (Wildman–Crippen MR) is 85.7 cm³/mol. The first kappa shape index (κ1) is 13.5. The fourth-order valence-corrected chi connectivity index (χ4v) is 4.92. The average molecular weight is 303 g/mol. The number of urea groups is 1. The van der Waals surface area contributed by atoms with E-state index < -0.39 is 0 Å². The highest BCUT2D eigenvalue weighted by Gasteiger charge is 2.56. The standard InChI is InChI=1S/C16H21N3OS/c1-21-11-4-2-3-10(7-11)18-16(20)19-14-5-6-15(19)13-9-17-8-12(13)14/h2-4,7,12-15,17H,5-6,8-9H2,1H3,(H,18,20)/t12-,13+,14-,15+. The molecule has 0 spiro atoms. The Kier molecular flexibility index (Phi) is 3.34. The van der Waals surface area contributed by atoms with Gasteiger partial charge in [-0.05, 0) is 49.1 Å². The van der Waals surface area contributed by atoms with Crippen molar-refractivity contribution in [3.63, 3.8) is 0 Å². The maximum absolute atomic E-state index is 12.7. The van der Waals surface area contributed by atoms with Crippen LogP contribution in [0.25, 0.3) is 0 Å². The third-order valence-corrected chi connectivity index (χ3v) is 6.05. The molecule has 5 heteroatoms. The molecule has 0 unspecified atom stereocenters. The van der Waals surface area contributed by atoms with Crippen LogP contribution in [0.2, 0.25) is 0 Å². The molecule has 2 bridgehead atoms. The van der Waals surface area contributed by atoms with Crippen molar-refractivity contribution in [3.05, 3.63) is 24.3 Å². The van der Waals surface area contributed by atoms with Gasteiger partial charge in [-0.1, -0.05) is 6.07 Å². The van der Waals surface area contributed by atoms with Crippen LogP contribution in [0.4, 0.5) is 10.5 Å². The van der Waals surface area contributed by atoms with Crippen molar-refractivity contribution in [2.75, 3.05) is 24.7 Å². The highest BCUT2D eigenvalue weighted by molar-refractivity contribution is 7.98. The summed E-state index contributed by atoms with van der Waals surface area (Å²) in [6, 6.07) is 9.06. The summed E-state index contributed by atoms with van der Waals surface area (Å²) >= 11 is 1.70. The van der Waals surface area contributed by atoms with E-state index in [0.29, 0.717) is 23.9 Å². The molecule has 3 aliphatic rings. The van der Waals surface area contributed by atoms with Crippen LogP contribution in [0.15, 0.2) is 29.2 Å². The second kappa shape index (κ2) is 5.21. The van der Waals surface area contributed by atoms with Gasteiger partial charge in [-0.15, -0.1) is 11.8 Å². The lowest BCUT2D eigenvalue weighted by molar-refractivity contribution is 0.199. The van der Waals surface area contributed by atoms with E-state index in [9.17, 15) is 4.79 Å². The highest BCUT2D eigenvalue weighted by atomic mass is 32.2. The van der Waals surface area contributed by atoms with Crippen LogP contribution in [-0.4, -0.2) is 42.4 Å². The monoisotopic (exact) mass is 303 g/mol. The normalized spacial score (nSPS) is 33.3. The Morgan fingerprint density at radius 3 is 2.67 bits per heavy atom. The minimum Gasteiger partial charge on any atom is -0.318 e. The minimum atomic E-state index is 0.0927. The van der Waals surface area contributed by atoms with E-state index in [2.05, 4.69) is 27.9 Å². The second-order valence-electron chi connectivity index (χ2n) is 6.27. The second-order valence-corrected chi connectivity index (χ2v) is 7.15. The number of nitrogens with one attached hydrogen (secondary N) is 2. The number of fused-ring (bicyclic) bond motifs is 5. The van der Waals surface area contributed by atoms with E-state index in [4.69, 9.17) is 0 Å². The van der Waals surface area contributed by atoms with Crippen LogP contribution in [0.3, 0.4) is 0 Å². The summed E-state index contributed by atoms with van der Waals surface area (Å²) in [7, 11) is 0. The van der Waals surface area contributed by atoms with E-state index in [1.54, 1.807) is 11.8 Å². The molecule has 21 heavy (non-hydrogen) atoms. The maximum Gasteiger partial charge on any atom is 0.322 e. The summed E-state index contributed by atoms with van der Waals surface area (Å²) in [5.41, 5.74) is 0.904. The van der Waals surface area contributed by atoms with Gasteiger partial charge in [0.1, 0.15) is 0 Å². The molecular weight excluding hydrogens is 282 g/mol. The number of anilines is 1.